The van der Waals surface area contributed by atoms with Crippen LogP contribution < -0.4 is 31.9 Å². The summed E-state index contributed by atoms with van der Waals surface area (Å²) in [5, 5.41) is 18.0. The first-order chi connectivity index (χ1) is 35.7. The molecule has 3 aromatic carbocycles. The first-order valence-corrected chi connectivity index (χ1v) is 26.6. The van der Waals surface area contributed by atoms with Gasteiger partial charge in [0, 0.05) is 62.2 Å². The molecule has 2 saturated carbocycles. The lowest BCUT2D eigenvalue weighted by Crippen LogP contribution is -2.62. The summed E-state index contributed by atoms with van der Waals surface area (Å²) in [4.78, 5) is 118. The number of likely N-dealkylation sites (N-methyl/N-ethyl adjacent to an activating group) is 2. The zero-order chi connectivity index (χ0) is 52.2. The van der Waals surface area contributed by atoms with E-state index in [4.69, 9.17) is 0 Å². The third-order valence-corrected chi connectivity index (χ3v) is 16.4. The maximum Gasteiger partial charge on any atom is 0.247 e. The molecule has 4 saturated heterocycles. The quantitative estimate of drug-likeness (QED) is 0.121. The number of nitrogens with zero attached hydrogens (tertiary/aromatic N) is 4. The predicted octanol–water partition coefficient (Wildman–Crippen LogP) is 1.49. The molecule has 18 nitrogen and oxygen atoms in total. The normalized spacial score (nSPS) is 28.3. The van der Waals surface area contributed by atoms with Crippen LogP contribution in [-0.4, -0.2) is 168 Å². The van der Waals surface area contributed by atoms with Crippen molar-refractivity contribution in [1.29, 1.82) is 0 Å². The van der Waals surface area contributed by atoms with E-state index in [1.54, 1.807) is 71.8 Å². The van der Waals surface area contributed by atoms with Crippen LogP contribution in [0, 0.1) is 0 Å². The van der Waals surface area contributed by atoms with Crippen molar-refractivity contribution in [3.05, 3.63) is 107 Å². The average Bonchev–Trinajstić information content (AvgIpc) is 4.27. The summed E-state index contributed by atoms with van der Waals surface area (Å²) in [5.74, 6) is -1.91. The highest BCUT2D eigenvalue weighted by Crippen LogP contribution is 2.42. The first-order valence-electron chi connectivity index (χ1n) is 26.6. The minimum absolute atomic E-state index is 0.00337. The Morgan fingerprint density at radius 3 is 1.26 bits per heavy atom. The Morgan fingerprint density at radius 2 is 0.892 bits per heavy atom. The van der Waals surface area contributed by atoms with Gasteiger partial charge in [0.25, 0.3) is 0 Å². The van der Waals surface area contributed by atoms with Gasteiger partial charge in [-0.1, -0.05) is 84.9 Å². The fourth-order valence-electron chi connectivity index (χ4n) is 11.5. The Hall–Kier alpha value is -6.66. The fraction of sp³-hybridized carbons (Fsp3) is 0.536. The summed E-state index contributed by atoms with van der Waals surface area (Å²) in [6.45, 7) is 3.92. The van der Waals surface area contributed by atoms with Crippen LogP contribution in [0.25, 0.3) is 0 Å². The van der Waals surface area contributed by atoms with Crippen molar-refractivity contribution in [3.63, 3.8) is 0 Å². The second kappa shape index (κ2) is 22.8. The minimum Gasteiger partial charge on any atom is -0.351 e. The molecule has 4 heterocycles. The lowest BCUT2D eigenvalue weighted by Gasteiger charge is -2.39. The van der Waals surface area contributed by atoms with Crippen LogP contribution in [0.5, 0.6) is 0 Å². The van der Waals surface area contributed by atoms with Crippen molar-refractivity contribution < 1.29 is 38.4 Å². The first kappa shape index (κ1) is 52.2. The van der Waals surface area contributed by atoms with Crippen molar-refractivity contribution in [2.45, 2.75) is 150 Å². The SMILES string of the molecule is CN[C@@H](C)C(=O)N[C@H]1CN(C(=O)Cc2ccc(CC(=O)N3CC[C@H]4CC[C@@H](C(=O)N[C@H]5C[C@H]5c5ccccc5)N4C(=O)[C@H](NC(=O)[C@H](C)NC)C3)cc2)CC[C@H]2CC[C@@H](C(=O)N[C@H]3C[C@H]3c3ccccc3)N2C1=O. The highest BCUT2D eigenvalue weighted by molar-refractivity contribution is 5.96. The second-order valence-electron chi connectivity index (χ2n) is 21.3. The number of hydrogen-bond acceptors (Lipinski definition) is 10. The number of hydrogen-bond donors (Lipinski definition) is 6. The molecule has 6 fully saturated rings. The molecule has 8 amide bonds. The Bertz CT molecular complexity index is 2390. The highest BCUT2D eigenvalue weighted by atomic mass is 16.2. The van der Waals surface area contributed by atoms with E-state index in [1.807, 2.05) is 36.4 Å². The van der Waals surface area contributed by atoms with Gasteiger partial charge >= 0.3 is 0 Å². The van der Waals surface area contributed by atoms with Gasteiger partial charge in [-0.05, 0) is 102 Å². The second-order valence-corrected chi connectivity index (χ2v) is 21.3. The Kier molecular flexibility index (Phi) is 16.1. The number of amides is 8. The van der Waals surface area contributed by atoms with Gasteiger partial charge in [0.1, 0.15) is 24.2 Å². The van der Waals surface area contributed by atoms with E-state index in [0.29, 0.717) is 62.7 Å². The maximum absolute atomic E-state index is 14.5. The van der Waals surface area contributed by atoms with Crippen LogP contribution in [0.1, 0.15) is 99.3 Å². The number of fused-ring (bicyclic) bond motifs is 2. The summed E-state index contributed by atoms with van der Waals surface area (Å²) in [5.41, 5.74) is 3.74. The minimum atomic E-state index is -1.07. The van der Waals surface area contributed by atoms with Crippen molar-refractivity contribution in [3.8, 4) is 0 Å². The van der Waals surface area contributed by atoms with E-state index in [9.17, 15) is 38.4 Å². The van der Waals surface area contributed by atoms with Gasteiger partial charge in [-0.15, -0.1) is 0 Å². The number of rotatable bonds is 16. The van der Waals surface area contributed by atoms with E-state index in [0.717, 1.165) is 12.8 Å². The van der Waals surface area contributed by atoms with Crippen LogP contribution in [0.15, 0.2) is 84.9 Å². The van der Waals surface area contributed by atoms with Gasteiger partial charge in [0.15, 0.2) is 0 Å². The molecule has 0 unspecified atom stereocenters. The molecule has 74 heavy (non-hydrogen) atoms. The molecule has 0 radical (unpaired) electrons. The fourth-order valence-corrected chi connectivity index (χ4v) is 11.5. The summed E-state index contributed by atoms with van der Waals surface area (Å²) in [6.07, 6.45) is 4.84. The van der Waals surface area contributed by atoms with Crippen molar-refractivity contribution in [2.24, 2.45) is 0 Å². The number of nitrogens with one attached hydrogen (secondary N) is 6. The van der Waals surface area contributed by atoms with Crippen molar-refractivity contribution >= 4 is 47.3 Å². The molecule has 3 aromatic rings. The largest absolute Gasteiger partial charge is 0.351 e. The van der Waals surface area contributed by atoms with Gasteiger partial charge in [0.05, 0.1) is 24.9 Å². The van der Waals surface area contributed by atoms with E-state index in [-0.39, 0.29) is 97.4 Å². The van der Waals surface area contributed by atoms with E-state index in [2.05, 4.69) is 56.2 Å². The topological polar surface area (TPSA) is 222 Å². The Balaban J connectivity index is 0.822. The van der Waals surface area contributed by atoms with E-state index < -0.39 is 48.1 Å². The predicted molar refractivity (Wildman–Crippen MR) is 276 cm³/mol. The van der Waals surface area contributed by atoms with Gasteiger partial charge in [0.2, 0.25) is 47.3 Å². The summed E-state index contributed by atoms with van der Waals surface area (Å²) in [7, 11) is 3.30. The smallest absolute Gasteiger partial charge is 0.247 e. The average molecular weight is 1010 g/mol. The van der Waals surface area contributed by atoms with E-state index in [1.165, 1.54) is 11.1 Å². The zero-order valence-electron chi connectivity index (χ0n) is 43.0. The van der Waals surface area contributed by atoms with Gasteiger partial charge in [-0.3, -0.25) is 38.4 Å². The van der Waals surface area contributed by atoms with Crippen LogP contribution in [0.2, 0.25) is 0 Å². The molecule has 6 N–H and O–H groups in total. The summed E-state index contributed by atoms with van der Waals surface area (Å²) < 4.78 is 0. The van der Waals surface area contributed by atoms with Crippen LogP contribution in [0.3, 0.4) is 0 Å². The molecule has 0 spiro atoms. The van der Waals surface area contributed by atoms with Gasteiger partial charge in [-0.25, -0.2) is 0 Å². The molecular formula is C56H72N10O8. The number of benzene rings is 3. The molecule has 0 aromatic heterocycles. The third-order valence-electron chi connectivity index (χ3n) is 16.4. The number of carbonyl (C=O) groups is 8. The number of carbonyl (C=O) groups excluding carboxylic acids is 8. The molecule has 4 aliphatic heterocycles. The van der Waals surface area contributed by atoms with Crippen molar-refractivity contribution in [1.82, 2.24) is 51.5 Å². The maximum atomic E-state index is 14.5. The molecule has 2 aliphatic carbocycles. The van der Waals surface area contributed by atoms with E-state index >= 15 is 0 Å². The Morgan fingerprint density at radius 1 is 0.514 bits per heavy atom. The lowest BCUT2D eigenvalue weighted by molar-refractivity contribution is -0.147. The highest BCUT2D eigenvalue weighted by Gasteiger charge is 2.50. The monoisotopic (exact) mass is 1010 g/mol. The zero-order valence-corrected chi connectivity index (χ0v) is 43.0. The Labute approximate surface area is 433 Å². The molecule has 394 valence electrons. The van der Waals surface area contributed by atoms with Crippen LogP contribution >= 0.6 is 0 Å². The standard InChI is InChI=1S/C56H72N10O8/c1-33(57-3)51(69)61-45-31-63(25-23-39-19-21-47(65(39)55(45)73)53(71)59-43-29-41(43)37-11-7-5-8-12-37)49(67)27-35-15-17-36(18-16-35)28-50(68)64-26-24-40-20-22-48(54(72)60-44-30-42(44)38-13-9-6-10-14-38)66(40)56(74)46(32-64)62-52(70)34(2)58-4/h5-18,33-34,39-48,57-58H,19-32H2,1-4H3,(H,59,71)(H,60,72)(H,61,69)(H,62,70)/t33-,34-,39+,40+,41-,42-,43-,44-,45-,46+,47-,48-/m0/s1. The van der Waals surface area contributed by atoms with Gasteiger partial charge < -0.3 is 51.5 Å². The molecule has 9 rings (SSSR count). The van der Waals surface area contributed by atoms with Crippen molar-refractivity contribution in [2.75, 3.05) is 40.3 Å². The van der Waals surface area contributed by atoms with Crippen LogP contribution in [0.4, 0.5) is 0 Å². The molecule has 0 bridgehead atoms. The summed E-state index contributed by atoms with van der Waals surface area (Å²) in [6, 6.07) is 22.1. The molecule has 6 aliphatic rings. The third kappa shape index (κ3) is 11.8. The lowest BCUT2D eigenvalue weighted by atomic mass is 10.0. The van der Waals surface area contributed by atoms with Gasteiger partial charge in [-0.2, -0.15) is 0 Å². The molecular weight excluding hydrogens is 941 g/mol. The van der Waals surface area contributed by atoms with Crippen LogP contribution in [-0.2, 0) is 51.2 Å². The molecule has 12 atom stereocenters. The summed E-state index contributed by atoms with van der Waals surface area (Å²) >= 11 is 0. The molecule has 18 heteroatoms.